The van der Waals surface area contributed by atoms with Crippen molar-refractivity contribution in [3.63, 3.8) is 0 Å². The first-order valence-corrected chi connectivity index (χ1v) is 12.1. The van der Waals surface area contributed by atoms with E-state index >= 15 is 0 Å². The summed E-state index contributed by atoms with van der Waals surface area (Å²) in [6.07, 6.45) is 10.5. The quantitative estimate of drug-likeness (QED) is 0.371. The van der Waals surface area contributed by atoms with Crippen molar-refractivity contribution in [2.45, 2.75) is 38.5 Å². The first-order chi connectivity index (χ1) is 18.1. The number of tetrazole rings is 1. The third kappa shape index (κ3) is 4.43. The van der Waals surface area contributed by atoms with Crippen molar-refractivity contribution in [2.75, 3.05) is 23.3 Å². The zero-order valence-electron chi connectivity index (χ0n) is 20.4. The predicted molar refractivity (Wildman–Crippen MR) is 133 cm³/mol. The Morgan fingerprint density at radius 2 is 1.86 bits per heavy atom. The SMILES string of the molecule is CC(C)c1cnc(N2CCC(c3nnc4c(Nc5ccc(-n6cnnn6)c(F)c5)nccn34)CC2)nc1. The van der Waals surface area contributed by atoms with E-state index in [0.29, 0.717) is 23.1 Å². The van der Waals surface area contributed by atoms with E-state index < -0.39 is 5.82 Å². The van der Waals surface area contributed by atoms with Gasteiger partial charge in [0.15, 0.2) is 11.6 Å². The highest BCUT2D eigenvalue weighted by atomic mass is 19.1. The molecule has 0 radical (unpaired) electrons. The molecule has 1 saturated heterocycles. The fourth-order valence-corrected chi connectivity index (χ4v) is 4.52. The van der Waals surface area contributed by atoms with E-state index in [2.05, 4.69) is 64.7 Å². The van der Waals surface area contributed by atoms with E-state index in [9.17, 15) is 4.39 Å². The monoisotopic (exact) mass is 500 g/mol. The number of anilines is 3. The van der Waals surface area contributed by atoms with Crippen LogP contribution in [0.15, 0.2) is 49.3 Å². The molecule has 188 valence electrons. The predicted octanol–water partition coefficient (Wildman–Crippen LogP) is 3.28. The maximum absolute atomic E-state index is 14.7. The van der Waals surface area contributed by atoms with Gasteiger partial charge in [-0.3, -0.25) is 4.40 Å². The Morgan fingerprint density at radius 1 is 1.05 bits per heavy atom. The van der Waals surface area contributed by atoms with Crippen molar-refractivity contribution in [2.24, 2.45) is 0 Å². The number of piperidine rings is 1. The van der Waals surface area contributed by atoms with Crippen molar-refractivity contribution in [3.8, 4) is 5.69 Å². The fraction of sp³-hybridized carbons (Fsp3) is 0.333. The van der Waals surface area contributed by atoms with Gasteiger partial charge in [-0.05, 0) is 52.9 Å². The minimum Gasteiger partial charge on any atom is -0.341 e. The Hall–Kier alpha value is -4.55. The molecular weight excluding hydrogens is 475 g/mol. The highest BCUT2D eigenvalue weighted by molar-refractivity contribution is 5.70. The van der Waals surface area contributed by atoms with E-state index in [1.807, 2.05) is 23.0 Å². The Balaban J connectivity index is 1.18. The summed E-state index contributed by atoms with van der Waals surface area (Å²) in [6.45, 7) is 5.94. The van der Waals surface area contributed by atoms with Gasteiger partial charge in [-0.15, -0.1) is 15.3 Å². The molecule has 37 heavy (non-hydrogen) atoms. The fourth-order valence-electron chi connectivity index (χ4n) is 4.52. The van der Waals surface area contributed by atoms with E-state index in [1.54, 1.807) is 18.3 Å². The van der Waals surface area contributed by atoms with Crippen molar-refractivity contribution >= 4 is 23.1 Å². The molecule has 0 saturated carbocycles. The lowest BCUT2D eigenvalue weighted by molar-refractivity contribution is 0.477. The highest BCUT2D eigenvalue weighted by Gasteiger charge is 2.26. The topological polar surface area (TPSA) is 128 Å². The van der Waals surface area contributed by atoms with Crippen LogP contribution >= 0.6 is 0 Å². The molecule has 0 atom stereocenters. The summed E-state index contributed by atoms with van der Waals surface area (Å²) in [5.74, 6) is 2.32. The zero-order valence-corrected chi connectivity index (χ0v) is 20.4. The van der Waals surface area contributed by atoms with Crippen LogP contribution < -0.4 is 10.2 Å². The minimum atomic E-state index is -0.471. The van der Waals surface area contributed by atoms with Crippen LogP contribution in [0.5, 0.6) is 0 Å². The second-order valence-corrected chi connectivity index (χ2v) is 9.31. The van der Waals surface area contributed by atoms with Gasteiger partial charge in [-0.1, -0.05) is 13.8 Å². The van der Waals surface area contributed by atoms with E-state index in [-0.39, 0.29) is 11.6 Å². The molecular formula is C24H25FN12. The molecule has 1 N–H and O–H groups in total. The maximum atomic E-state index is 14.7. The number of halogens is 1. The van der Waals surface area contributed by atoms with Gasteiger partial charge in [-0.2, -0.15) is 4.68 Å². The molecule has 0 bridgehead atoms. The first-order valence-electron chi connectivity index (χ1n) is 12.1. The normalized spacial score (nSPS) is 14.5. The molecule has 1 fully saturated rings. The van der Waals surface area contributed by atoms with E-state index in [1.165, 1.54) is 17.1 Å². The Bertz CT molecular complexity index is 1510. The lowest BCUT2D eigenvalue weighted by Crippen LogP contribution is -2.34. The number of hydrogen-bond acceptors (Lipinski definition) is 10. The molecule has 1 aromatic carbocycles. The van der Waals surface area contributed by atoms with Gasteiger partial charge in [-0.25, -0.2) is 19.3 Å². The molecule has 5 heterocycles. The summed E-state index contributed by atoms with van der Waals surface area (Å²) >= 11 is 0. The van der Waals surface area contributed by atoms with E-state index in [4.69, 9.17) is 0 Å². The van der Waals surface area contributed by atoms with Crippen LogP contribution in [0.25, 0.3) is 11.3 Å². The van der Waals surface area contributed by atoms with Crippen LogP contribution in [-0.2, 0) is 0 Å². The Labute approximate surface area is 211 Å². The van der Waals surface area contributed by atoms with Crippen LogP contribution in [0.3, 0.4) is 0 Å². The molecule has 1 aliphatic rings. The molecule has 1 aliphatic heterocycles. The van der Waals surface area contributed by atoms with E-state index in [0.717, 1.165) is 43.3 Å². The smallest absolute Gasteiger partial charge is 0.225 e. The number of fused-ring (bicyclic) bond motifs is 1. The zero-order chi connectivity index (χ0) is 25.4. The Morgan fingerprint density at radius 3 is 2.57 bits per heavy atom. The van der Waals surface area contributed by atoms with Crippen LogP contribution in [0.4, 0.5) is 21.8 Å². The summed E-state index contributed by atoms with van der Waals surface area (Å²) in [5, 5.41) is 22.9. The van der Waals surface area contributed by atoms with Gasteiger partial charge < -0.3 is 10.2 Å². The number of hydrogen-bond donors (Lipinski definition) is 1. The number of nitrogens with zero attached hydrogens (tertiary/aromatic N) is 11. The first kappa shape index (κ1) is 22.9. The second-order valence-electron chi connectivity index (χ2n) is 9.31. The molecule has 5 aromatic rings. The average molecular weight is 501 g/mol. The van der Waals surface area contributed by atoms with Crippen molar-refractivity contribution in [1.29, 1.82) is 0 Å². The number of nitrogens with one attached hydrogen (secondary N) is 1. The number of benzene rings is 1. The summed E-state index contributed by atoms with van der Waals surface area (Å²) in [4.78, 5) is 15.8. The largest absolute Gasteiger partial charge is 0.341 e. The van der Waals surface area contributed by atoms with Crippen LogP contribution in [-0.4, -0.2) is 62.8 Å². The molecule has 0 amide bonds. The third-order valence-corrected chi connectivity index (χ3v) is 6.63. The third-order valence-electron chi connectivity index (χ3n) is 6.63. The minimum absolute atomic E-state index is 0.240. The number of rotatable bonds is 6. The Kier molecular flexibility index (Phi) is 5.87. The average Bonchev–Trinajstić information content (AvgIpc) is 3.60. The van der Waals surface area contributed by atoms with Crippen molar-refractivity contribution in [1.82, 2.24) is 49.8 Å². The lowest BCUT2D eigenvalue weighted by atomic mass is 9.96. The highest BCUT2D eigenvalue weighted by Crippen LogP contribution is 2.30. The van der Waals surface area contributed by atoms with Gasteiger partial charge in [0.25, 0.3) is 0 Å². The molecule has 13 heteroatoms. The summed E-state index contributed by atoms with van der Waals surface area (Å²) < 4.78 is 17.9. The van der Waals surface area contributed by atoms with Crippen LogP contribution in [0.1, 0.15) is 49.9 Å². The summed E-state index contributed by atoms with van der Waals surface area (Å²) in [6, 6.07) is 4.69. The van der Waals surface area contributed by atoms with Crippen LogP contribution in [0, 0.1) is 5.82 Å². The molecule has 0 spiro atoms. The van der Waals surface area contributed by atoms with Crippen LogP contribution in [0.2, 0.25) is 0 Å². The van der Waals surface area contributed by atoms with Crippen molar-refractivity contribution < 1.29 is 4.39 Å². The number of aromatic nitrogens is 10. The van der Waals surface area contributed by atoms with Gasteiger partial charge in [0, 0.05) is 49.5 Å². The molecule has 4 aromatic heterocycles. The van der Waals surface area contributed by atoms with Gasteiger partial charge in [0.2, 0.25) is 11.6 Å². The summed E-state index contributed by atoms with van der Waals surface area (Å²) in [7, 11) is 0. The standard InChI is InChI=1S/C24H25FN12/c1-15(2)17-12-27-24(28-13-17)35-8-5-16(6-9-35)22-31-32-23-21(26-7-10-36(22)23)30-18-3-4-20(19(25)11-18)37-14-29-33-34-37/h3-4,7,10-16H,5-6,8-9H2,1-2H3,(H,26,30). The maximum Gasteiger partial charge on any atom is 0.225 e. The van der Waals surface area contributed by atoms with Gasteiger partial charge in [0.05, 0.1) is 0 Å². The molecule has 0 aliphatic carbocycles. The lowest BCUT2D eigenvalue weighted by Gasteiger charge is -2.31. The second kappa shape index (κ2) is 9.48. The van der Waals surface area contributed by atoms with Gasteiger partial charge >= 0.3 is 0 Å². The molecule has 0 unspecified atom stereocenters. The van der Waals surface area contributed by atoms with Crippen molar-refractivity contribution in [3.05, 3.63) is 66.5 Å². The summed E-state index contributed by atoms with van der Waals surface area (Å²) in [5.41, 5.74) is 2.49. The van der Waals surface area contributed by atoms with Gasteiger partial charge in [0.1, 0.15) is 17.8 Å². The molecule has 6 rings (SSSR count). The molecule has 12 nitrogen and oxygen atoms in total.